The van der Waals surface area contributed by atoms with Gasteiger partial charge < -0.3 is 15.0 Å². The topological polar surface area (TPSA) is 118 Å². The molecule has 0 aliphatic carbocycles. The van der Waals surface area contributed by atoms with Gasteiger partial charge in [0.15, 0.2) is 5.78 Å². The van der Waals surface area contributed by atoms with Gasteiger partial charge in [-0.1, -0.05) is 6.07 Å². The summed E-state index contributed by atoms with van der Waals surface area (Å²) >= 11 is -1.25. The van der Waals surface area contributed by atoms with Gasteiger partial charge in [0.05, 0.1) is 11.5 Å². The van der Waals surface area contributed by atoms with Crippen molar-refractivity contribution in [3.8, 4) is 5.75 Å². The molecule has 0 saturated heterocycles. The molecule has 0 atom stereocenters. The SMILES string of the molecule is CC(=O)c1cccc(C(=O)[O-])c1O.[OH][Al+][OH]. The van der Waals surface area contributed by atoms with E-state index >= 15 is 0 Å². The van der Waals surface area contributed by atoms with Crippen LogP contribution in [-0.2, 0) is 0 Å². The quantitative estimate of drug-likeness (QED) is 0.426. The summed E-state index contributed by atoms with van der Waals surface area (Å²) < 4.78 is 14.4. The summed E-state index contributed by atoms with van der Waals surface area (Å²) in [6, 6.07) is 3.91. The molecule has 0 unspecified atom stereocenters. The molecule has 0 amide bonds. The predicted molar refractivity (Wildman–Crippen MR) is 52.6 cm³/mol. The average Bonchev–Trinajstić information content (AvgIpc) is 2.18. The second-order valence-corrected chi connectivity index (χ2v) is 2.89. The number of hydrogen-bond donors (Lipinski definition) is 3. The molecule has 7 heteroatoms. The Morgan fingerprint density at radius 2 is 1.69 bits per heavy atom. The second kappa shape index (κ2) is 6.98. The molecule has 0 bridgehead atoms. The summed E-state index contributed by atoms with van der Waals surface area (Å²) in [6.07, 6.45) is 0. The fraction of sp³-hybridized carbons (Fsp3) is 0.111. The van der Waals surface area contributed by atoms with Crippen LogP contribution in [-0.4, -0.2) is 41.1 Å². The van der Waals surface area contributed by atoms with E-state index in [1.807, 2.05) is 0 Å². The zero-order valence-electron chi connectivity index (χ0n) is 8.38. The number of carbonyl (C=O) groups excluding carboxylic acids is 2. The maximum absolute atomic E-state index is 10.9. The molecular formula is C9H9AlO6. The van der Waals surface area contributed by atoms with Crippen LogP contribution in [0.1, 0.15) is 27.6 Å². The third-order valence-electron chi connectivity index (χ3n) is 1.64. The molecule has 0 saturated carbocycles. The molecule has 0 heterocycles. The first kappa shape index (κ1) is 14.6. The van der Waals surface area contributed by atoms with Gasteiger partial charge in [-0.25, -0.2) is 0 Å². The van der Waals surface area contributed by atoms with Gasteiger partial charge in [0, 0.05) is 5.56 Å². The normalized spacial score (nSPS) is 8.44. The van der Waals surface area contributed by atoms with E-state index in [1.54, 1.807) is 0 Å². The Morgan fingerprint density at radius 1 is 1.25 bits per heavy atom. The third-order valence-corrected chi connectivity index (χ3v) is 1.64. The molecule has 0 aromatic heterocycles. The van der Waals surface area contributed by atoms with E-state index in [0.717, 1.165) is 0 Å². The van der Waals surface area contributed by atoms with Crippen molar-refractivity contribution in [1.29, 1.82) is 0 Å². The molecule has 84 valence electrons. The first-order valence-electron chi connectivity index (χ1n) is 4.10. The molecular weight excluding hydrogens is 231 g/mol. The number of ketones is 1. The van der Waals surface area contributed by atoms with Crippen LogP contribution in [0.3, 0.4) is 0 Å². The van der Waals surface area contributed by atoms with Crippen molar-refractivity contribution in [2.75, 3.05) is 0 Å². The standard InChI is InChI=1S/C9H8O4.Al.2H2O/c1-5(10)6-3-2-4-7(8(6)11)9(12)13;;;/h2-4,11H,1H3,(H,12,13);;2*1H2/q;+3;;/p-3. The van der Waals surface area contributed by atoms with E-state index in [2.05, 4.69) is 0 Å². The second-order valence-electron chi connectivity index (χ2n) is 2.66. The van der Waals surface area contributed by atoms with E-state index in [9.17, 15) is 19.8 Å². The molecule has 1 rings (SSSR count). The van der Waals surface area contributed by atoms with Gasteiger partial charge in [-0.3, -0.25) is 4.79 Å². The van der Waals surface area contributed by atoms with E-state index < -0.39 is 27.6 Å². The van der Waals surface area contributed by atoms with E-state index in [-0.39, 0.29) is 16.9 Å². The molecule has 6 nitrogen and oxygen atoms in total. The monoisotopic (exact) mass is 240 g/mol. The van der Waals surface area contributed by atoms with Crippen molar-refractivity contribution in [2.45, 2.75) is 6.92 Å². The number of aromatic hydroxyl groups is 1. The van der Waals surface area contributed by atoms with E-state index in [0.29, 0.717) is 0 Å². The minimum atomic E-state index is -1.50. The molecule has 1 aromatic carbocycles. The molecule has 0 fully saturated rings. The number of hydrogen-bond acceptors (Lipinski definition) is 6. The summed E-state index contributed by atoms with van der Waals surface area (Å²) in [5.41, 5.74) is -0.380. The number of benzene rings is 1. The van der Waals surface area contributed by atoms with Gasteiger partial charge in [-0.15, -0.1) is 0 Å². The zero-order valence-corrected chi connectivity index (χ0v) is 9.53. The first-order chi connectivity index (χ1) is 7.45. The van der Waals surface area contributed by atoms with Crippen LogP contribution in [0.15, 0.2) is 18.2 Å². The molecule has 1 aromatic rings. The number of rotatable bonds is 2. The summed E-state index contributed by atoms with van der Waals surface area (Å²) in [5, 5.41) is 19.7. The average molecular weight is 240 g/mol. The van der Waals surface area contributed by atoms with Crippen molar-refractivity contribution in [3.63, 3.8) is 0 Å². The van der Waals surface area contributed by atoms with Crippen molar-refractivity contribution in [1.82, 2.24) is 0 Å². The molecule has 16 heavy (non-hydrogen) atoms. The summed E-state index contributed by atoms with van der Waals surface area (Å²) in [7, 11) is 0. The molecule has 0 aliphatic heterocycles. The first-order valence-corrected chi connectivity index (χ1v) is 5.13. The number of carbonyl (C=O) groups is 2. The van der Waals surface area contributed by atoms with Gasteiger partial charge in [-0.05, 0) is 19.1 Å². The number of para-hydroxylation sites is 1. The zero-order chi connectivity index (χ0) is 12.7. The van der Waals surface area contributed by atoms with Gasteiger partial charge >= 0.3 is 24.2 Å². The number of carboxylic acids is 1. The van der Waals surface area contributed by atoms with E-state index in [4.69, 9.17) is 8.32 Å². The Labute approximate surface area is 98.2 Å². The van der Waals surface area contributed by atoms with Crippen LogP contribution in [0.25, 0.3) is 0 Å². The number of Topliss-reactive ketones (excluding diaryl/α,β-unsaturated/α-hetero) is 1. The fourth-order valence-electron chi connectivity index (χ4n) is 0.992. The third kappa shape index (κ3) is 4.00. The van der Waals surface area contributed by atoms with Crippen molar-refractivity contribution in [3.05, 3.63) is 29.3 Å². The van der Waals surface area contributed by atoms with Crippen LogP contribution in [0.2, 0.25) is 0 Å². The number of carboxylic acid groups (broad SMARTS) is 1. The van der Waals surface area contributed by atoms with Crippen molar-refractivity contribution >= 4 is 27.6 Å². The maximum atomic E-state index is 10.9. The van der Waals surface area contributed by atoms with Crippen molar-refractivity contribution in [2.24, 2.45) is 0 Å². The molecule has 3 N–H and O–H groups in total. The predicted octanol–water partition coefficient (Wildman–Crippen LogP) is -1.54. The molecule has 0 radical (unpaired) electrons. The molecule has 0 aliphatic rings. The minimum absolute atomic E-state index is 0.0123. The van der Waals surface area contributed by atoms with Crippen LogP contribution >= 0.6 is 0 Å². The Morgan fingerprint density at radius 3 is 2.06 bits per heavy atom. The summed E-state index contributed by atoms with van der Waals surface area (Å²) in [5.74, 6) is -2.42. The number of phenols is 1. The Kier molecular flexibility index (Phi) is 6.38. The van der Waals surface area contributed by atoms with Gasteiger partial charge in [0.2, 0.25) is 0 Å². The number of aromatic carboxylic acids is 1. The molecule has 0 spiro atoms. The summed E-state index contributed by atoms with van der Waals surface area (Å²) in [4.78, 5) is 21.3. The van der Waals surface area contributed by atoms with Crippen LogP contribution in [0.5, 0.6) is 5.75 Å². The van der Waals surface area contributed by atoms with Crippen molar-refractivity contribution < 1.29 is 28.1 Å². The van der Waals surface area contributed by atoms with Gasteiger partial charge in [0.1, 0.15) is 5.75 Å². The van der Waals surface area contributed by atoms with Crippen LogP contribution < -0.4 is 5.11 Å². The Hall–Kier alpha value is -1.39. The Bertz CT molecular complexity index is 357. The van der Waals surface area contributed by atoms with Gasteiger partial charge in [-0.2, -0.15) is 0 Å². The van der Waals surface area contributed by atoms with Crippen LogP contribution in [0, 0.1) is 0 Å². The Balaban J connectivity index is 0.000000673. The van der Waals surface area contributed by atoms with Gasteiger partial charge in [0.25, 0.3) is 0 Å². The summed E-state index contributed by atoms with van der Waals surface area (Å²) in [6.45, 7) is 1.24. The van der Waals surface area contributed by atoms with E-state index in [1.165, 1.54) is 25.1 Å². The fourth-order valence-corrected chi connectivity index (χ4v) is 0.992. The van der Waals surface area contributed by atoms with Crippen LogP contribution in [0.4, 0.5) is 0 Å².